The number of nitrogens with one attached hydrogen (secondary N) is 2. The zero-order valence-electron chi connectivity index (χ0n) is 12.2. The van der Waals surface area contributed by atoms with Crippen molar-refractivity contribution in [3.05, 3.63) is 17.0 Å². The van der Waals surface area contributed by atoms with Crippen LogP contribution in [0.4, 0.5) is 0 Å². The second kappa shape index (κ2) is 4.58. The van der Waals surface area contributed by atoms with Gasteiger partial charge in [0.15, 0.2) is 0 Å². The van der Waals surface area contributed by atoms with Crippen LogP contribution < -0.4 is 4.72 Å². The smallest absolute Gasteiger partial charge is 0.352 e. The minimum Gasteiger partial charge on any atom is -0.477 e. The predicted octanol–water partition coefficient (Wildman–Crippen LogP) is 1.80. The lowest BCUT2D eigenvalue weighted by atomic mass is 10.0. The molecule has 0 aromatic carbocycles. The van der Waals surface area contributed by atoms with E-state index in [-0.39, 0.29) is 21.6 Å². The fourth-order valence-electron chi connectivity index (χ4n) is 3.25. The average Bonchev–Trinajstić information content (AvgIpc) is 3.24. The van der Waals surface area contributed by atoms with Crippen molar-refractivity contribution in [1.82, 2.24) is 9.71 Å². The Morgan fingerprint density at radius 1 is 1.38 bits per heavy atom. The monoisotopic (exact) mass is 312 g/mol. The largest absolute Gasteiger partial charge is 0.477 e. The summed E-state index contributed by atoms with van der Waals surface area (Å²) in [5.74, 6) is -0.475. The second-order valence-corrected chi connectivity index (χ2v) is 8.05. The van der Waals surface area contributed by atoms with E-state index in [0.717, 1.165) is 12.8 Å². The van der Waals surface area contributed by atoms with Gasteiger partial charge in [-0.1, -0.05) is 0 Å². The third-order valence-electron chi connectivity index (χ3n) is 4.80. The molecular formula is C14H20N2O4S. The molecule has 2 saturated carbocycles. The van der Waals surface area contributed by atoms with Gasteiger partial charge in [-0.05, 0) is 50.9 Å². The number of sulfonamides is 1. The van der Waals surface area contributed by atoms with Crippen LogP contribution in [0.15, 0.2) is 4.90 Å². The Morgan fingerprint density at radius 3 is 2.43 bits per heavy atom. The molecule has 3 N–H and O–H groups in total. The van der Waals surface area contributed by atoms with Crippen molar-refractivity contribution >= 4 is 16.0 Å². The number of aromatic nitrogens is 1. The quantitative estimate of drug-likeness (QED) is 0.745. The third kappa shape index (κ3) is 2.48. The number of H-pyrrole nitrogens is 1. The number of aromatic carboxylic acids is 1. The molecule has 0 unspecified atom stereocenters. The van der Waals surface area contributed by atoms with Crippen LogP contribution in [0.1, 0.15) is 47.4 Å². The number of aromatic amines is 1. The highest BCUT2D eigenvalue weighted by Gasteiger charge is 2.53. The predicted molar refractivity (Wildman–Crippen MR) is 76.8 cm³/mol. The maximum absolute atomic E-state index is 12.5. The fraction of sp³-hybridized carbons (Fsp3) is 0.643. The molecule has 7 heteroatoms. The molecule has 0 radical (unpaired) electrons. The van der Waals surface area contributed by atoms with E-state index in [1.807, 2.05) is 0 Å². The number of rotatable bonds is 6. The molecule has 2 fully saturated rings. The Balaban J connectivity index is 1.83. The van der Waals surface area contributed by atoms with Gasteiger partial charge < -0.3 is 10.1 Å². The van der Waals surface area contributed by atoms with E-state index >= 15 is 0 Å². The molecule has 116 valence electrons. The highest BCUT2D eigenvalue weighted by atomic mass is 32.2. The molecule has 0 spiro atoms. The maximum Gasteiger partial charge on any atom is 0.352 e. The Labute approximate surface area is 124 Å². The van der Waals surface area contributed by atoms with Gasteiger partial charge in [0.2, 0.25) is 10.0 Å². The standard InChI is InChI=1S/C14H20N2O4S/c1-8-11(13(17)18)16-9(2)12(8)21(19,20)15-7-14(5-6-14)10-3-4-10/h10,15-16H,3-7H2,1-2H3,(H,17,18). The number of carboxylic acid groups (broad SMARTS) is 1. The molecule has 1 heterocycles. The van der Waals surface area contributed by atoms with Crippen molar-refractivity contribution in [2.75, 3.05) is 6.54 Å². The topological polar surface area (TPSA) is 99.3 Å². The summed E-state index contributed by atoms with van der Waals surface area (Å²) >= 11 is 0. The fourth-order valence-corrected chi connectivity index (χ4v) is 4.83. The van der Waals surface area contributed by atoms with Gasteiger partial charge in [-0.25, -0.2) is 17.9 Å². The maximum atomic E-state index is 12.5. The summed E-state index contributed by atoms with van der Waals surface area (Å²) in [6.07, 6.45) is 4.58. The zero-order valence-corrected chi connectivity index (χ0v) is 13.0. The van der Waals surface area contributed by atoms with Gasteiger partial charge in [0.1, 0.15) is 10.6 Å². The Hall–Kier alpha value is -1.34. The molecule has 0 atom stereocenters. The van der Waals surface area contributed by atoms with Gasteiger partial charge in [0, 0.05) is 17.8 Å². The SMILES string of the molecule is Cc1[nH]c(C(=O)O)c(C)c1S(=O)(=O)NCC1(C2CC2)CC1. The number of aryl methyl sites for hydroxylation is 1. The number of carboxylic acids is 1. The van der Waals surface area contributed by atoms with Crippen molar-refractivity contribution in [3.8, 4) is 0 Å². The molecule has 1 aromatic heterocycles. The van der Waals surface area contributed by atoms with E-state index in [9.17, 15) is 13.2 Å². The minimum absolute atomic E-state index is 0.0591. The van der Waals surface area contributed by atoms with E-state index in [0.29, 0.717) is 18.2 Å². The van der Waals surface area contributed by atoms with Crippen LogP contribution in [-0.4, -0.2) is 31.0 Å². The van der Waals surface area contributed by atoms with Crippen LogP contribution in [0.5, 0.6) is 0 Å². The highest BCUT2D eigenvalue weighted by Crippen LogP contribution is 2.60. The third-order valence-corrected chi connectivity index (χ3v) is 6.48. The van der Waals surface area contributed by atoms with Crippen molar-refractivity contribution in [3.63, 3.8) is 0 Å². The Morgan fingerprint density at radius 2 is 2.00 bits per heavy atom. The lowest BCUT2D eigenvalue weighted by Crippen LogP contribution is -2.31. The zero-order chi connectivity index (χ0) is 15.4. The number of hydrogen-bond donors (Lipinski definition) is 3. The first-order valence-electron chi connectivity index (χ1n) is 7.19. The summed E-state index contributed by atoms with van der Waals surface area (Å²) in [5.41, 5.74) is 0.745. The van der Waals surface area contributed by atoms with Crippen LogP contribution in [0, 0.1) is 25.2 Å². The molecule has 21 heavy (non-hydrogen) atoms. The average molecular weight is 312 g/mol. The van der Waals surface area contributed by atoms with Crippen LogP contribution in [0.3, 0.4) is 0 Å². The molecular weight excluding hydrogens is 292 g/mol. The van der Waals surface area contributed by atoms with Crippen molar-refractivity contribution in [2.24, 2.45) is 11.3 Å². The normalized spacial score (nSPS) is 20.5. The molecule has 0 amide bonds. The number of hydrogen-bond acceptors (Lipinski definition) is 3. The van der Waals surface area contributed by atoms with Gasteiger partial charge >= 0.3 is 5.97 Å². The van der Waals surface area contributed by atoms with Crippen LogP contribution >= 0.6 is 0 Å². The van der Waals surface area contributed by atoms with Gasteiger partial charge in [-0.2, -0.15) is 0 Å². The van der Waals surface area contributed by atoms with E-state index in [1.165, 1.54) is 19.8 Å². The van der Waals surface area contributed by atoms with E-state index < -0.39 is 16.0 Å². The summed E-state index contributed by atoms with van der Waals surface area (Å²) in [5, 5.41) is 9.07. The molecule has 3 rings (SSSR count). The molecule has 0 saturated heterocycles. The van der Waals surface area contributed by atoms with Crippen LogP contribution in [0.25, 0.3) is 0 Å². The Kier molecular flexibility index (Phi) is 3.18. The van der Waals surface area contributed by atoms with Crippen molar-refractivity contribution < 1.29 is 18.3 Å². The molecule has 2 aliphatic carbocycles. The lowest BCUT2D eigenvalue weighted by Gasteiger charge is -2.15. The van der Waals surface area contributed by atoms with Crippen LogP contribution in [0.2, 0.25) is 0 Å². The molecule has 0 bridgehead atoms. The summed E-state index contributed by atoms with van der Waals surface area (Å²) in [7, 11) is -3.68. The van der Waals surface area contributed by atoms with E-state index in [4.69, 9.17) is 5.11 Å². The van der Waals surface area contributed by atoms with E-state index in [1.54, 1.807) is 6.92 Å². The first kappa shape index (κ1) is 14.6. The van der Waals surface area contributed by atoms with Crippen molar-refractivity contribution in [2.45, 2.75) is 44.4 Å². The van der Waals surface area contributed by atoms with Crippen LogP contribution in [-0.2, 0) is 10.0 Å². The summed E-state index contributed by atoms with van der Waals surface area (Å²) in [6, 6.07) is 0. The highest BCUT2D eigenvalue weighted by molar-refractivity contribution is 7.89. The van der Waals surface area contributed by atoms with Gasteiger partial charge in [-0.3, -0.25) is 0 Å². The lowest BCUT2D eigenvalue weighted by molar-refractivity contribution is 0.0690. The molecule has 0 aliphatic heterocycles. The number of carbonyl (C=O) groups is 1. The summed E-state index contributed by atoms with van der Waals surface area (Å²) < 4.78 is 27.7. The summed E-state index contributed by atoms with van der Waals surface area (Å²) in [4.78, 5) is 13.8. The second-order valence-electron chi connectivity index (χ2n) is 6.35. The molecule has 6 nitrogen and oxygen atoms in total. The molecule has 1 aromatic rings. The van der Waals surface area contributed by atoms with Gasteiger partial charge in [-0.15, -0.1) is 0 Å². The Bertz CT molecular complexity index is 697. The first-order valence-corrected chi connectivity index (χ1v) is 8.67. The minimum atomic E-state index is -3.68. The summed E-state index contributed by atoms with van der Waals surface area (Å²) in [6.45, 7) is 3.57. The van der Waals surface area contributed by atoms with Gasteiger partial charge in [0.25, 0.3) is 0 Å². The first-order chi connectivity index (χ1) is 9.77. The van der Waals surface area contributed by atoms with Gasteiger partial charge in [0.05, 0.1) is 0 Å². The molecule has 2 aliphatic rings. The van der Waals surface area contributed by atoms with E-state index in [2.05, 4.69) is 9.71 Å². The van der Waals surface area contributed by atoms with Crippen molar-refractivity contribution in [1.29, 1.82) is 0 Å².